The predicted molar refractivity (Wildman–Crippen MR) is 115 cm³/mol. The van der Waals surface area contributed by atoms with Crippen molar-refractivity contribution >= 4 is 11.9 Å². The number of carbonyl (C=O) groups is 2. The lowest BCUT2D eigenvalue weighted by Gasteiger charge is -2.30. The molecular weight excluding hydrogens is 396 g/mol. The molecule has 162 valence electrons. The summed E-state index contributed by atoms with van der Waals surface area (Å²) in [7, 11) is 0. The Bertz CT molecular complexity index is 846. The Morgan fingerprint density at radius 1 is 0.806 bits per heavy atom. The topological polar surface area (TPSA) is 71.1 Å². The minimum Gasteiger partial charge on any atom is -0.451 e. The Balaban J connectivity index is 2.05. The Morgan fingerprint density at radius 3 is 1.48 bits per heavy atom. The molecule has 3 rings (SSSR count). The van der Waals surface area contributed by atoms with Crippen molar-refractivity contribution in [1.82, 2.24) is 0 Å². The third kappa shape index (κ3) is 5.48. The number of hydrogen-bond donors (Lipinski definition) is 0. The fourth-order valence-corrected chi connectivity index (χ4v) is 3.57. The van der Waals surface area contributed by atoms with Gasteiger partial charge in [-0.2, -0.15) is 0 Å². The highest BCUT2D eigenvalue weighted by atomic mass is 16.8. The Labute approximate surface area is 182 Å². The highest BCUT2D eigenvalue weighted by Gasteiger charge is 2.51. The molecule has 1 saturated heterocycles. The Hall–Kier alpha value is -3.22. The standard InChI is InChI=1S/C25H26O6/c1-5-19(26)28-21(17-13-9-7-10-14-17)23-24(31-25(3,4)30-23)22(29-20(27)6-2)18-15-11-8-12-16-18/h5-16,21-24H,1-2H2,3-4H3/t21-,22-,23+,24+/m1/s1. The van der Waals surface area contributed by atoms with E-state index in [-0.39, 0.29) is 0 Å². The van der Waals surface area contributed by atoms with Crippen molar-refractivity contribution in [2.75, 3.05) is 0 Å². The molecule has 0 saturated carbocycles. The van der Waals surface area contributed by atoms with Crippen LogP contribution in [0.2, 0.25) is 0 Å². The van der Waals surface area contributed by atoms with Gasteiger partial charge in [-0.25, -0.2) is 9.59 Å². The first kappa shape index (κ1) is 22.5. The molecule has 2 aromatic carbocycles. The van der Waals surface area contributed by atoms with Gasteiger partial charge in [0.05, 0.1) is 0 Å². The first-order valence-electron chi connectivity index (χ1n) is 9.96. The normalized spacial score (nSPS) is 21.5. The van der Waals surface area contributed by atoms with Crippen LogP contribution < -0.4 is 0 Å². The SMILES string of the molecule is C=CC(=O)O[C@H](c1ccccc1)[C@@H]1OC(C)(C)O[C@H]1[C@H](OC(=O)C=C)c1ccccc1. The van der Waals surface area contributed by atoms with Crippen LogP contribution in [0.3, 0.4) is 0 Å². The number of esters is 2. The molecule has 0 aromatic heterocycles. The van der Waals surface area contributed by atoms with Crippen LogP contribution in [0.25, 0.3) is 0 Å². The molecule has 1 aliphatic heterocycles. The van der Waals surface area contributed by atoms with Crippen molar-refractivity contribution in [1.29, 1.82) is 0 Å². The zero-order valence-electron chi connectivity index (χ0n) is 17.6. The van der Waals surface area contributed by atoms with Gasteiger partial charge in [0.1, 0.15) is 12.2 Å². The van der Waals surface area contributed by atoms with Crippen LogP contribution in [0.4, 0.5) is 0 Å². The Morgan fingerprint density at radius 2 is 1.16 bits per heavy atom. The van der Waals surface area contributed by atoms with Crippen LogP contribution in [-0.2, 0) is 28.5 Å². The second-order valence-corrected chi connectivity index (χ2v) is 7.51. The minimum atomic E-state index is -1.00. The first-order valence-corrected chi connectivity index (χ1v) is 9.96. The highest BCUT2D eigenvalue weighted by Crippen LogP contribution is 2.43. The van der Waals surface area contributed by atoms with Gasteiger partial charge in [-0.05, 0) is 25.0 Å². The molecule has 6 heteroatoms. The molecule has 0 amide bonds. The van der Waals surface area contributed by atoms with Crippen molar-refractivity contribution in [3.63, 3.8) is 0 Å². The summed E-state index contributed by atoms with van der Waals surface area (Å²) in [5, 5.41) is 0. The molecule has 0 aliphatic carbocycles. The quantitative estimate of drug-likeness (QED) is 0.462. The molecule has 2 aromatic rings. The van der Waals surface area contributed by atoms with E-state index in [1.54, 1.807) is 13.8 Å². The second kappa shape index (κ2) is 9.73. The zero-order chi connectivity index (χ0) is 22.4. The molecular formula is C25H26O6. The van der Waals surface area contributed by atoms with Crippen molar-refractivity contribution < 1.29 is 28.5 Å². The zero-order valence-corrected chi connectivity index (χ0v) is 17.6. The summed E-state index contributed by atoms with van der Waals surface area (Å²) >= 11 is 0. The van der Waals surface area contributed by atoms with E-state index < -0.39 is 42.1 Å². The summed E-state index contributed by atoms with van der Waals surface area (Å²) in [5.74, 6) is -2.20. The molecule has 31 heavy (non-hydrogen) atoms. The summed E-state index contributed by atoms with van der Waals surface area (Å²) in [4.78, 5) is 24.3. The van der Waals surface area contributed by atoms with Gasteiger partial charge < -0.3 is 18.9 Å². The average Bonchev–Trinajstić information content (AvgIpc) is 3.11. The van der Waals surface area contributed by atoms with Gasteiger partial charge in [0.25, 0.3) is 0 Å². The summed E-state index contributed by atoms with van der Waals surface area (Å²) in [6.07, 6.45) is -0.955. The Kier molecular flexibility index (Phi) is 7.05. The number of ether oxygens (including phenoxy) is 4. The summed E-state index contributed by atoms with van der Waals surface area (Å²) < 4.78 is 23.8. The van der Waals surface area contributed by atoms with Gasteiger partial charge in [-0.1, -0.05) is 73.8 Å². The van der Waals surface area contributed by atoms with Crippen LogP contribution in [0.15, 0.2) is 86.0 Å². The second-order valence-electron chi connectivity index (χ2n) is 7.51. The fourth-order valence-electron chi connectivity index (χ4n) is 3.57. The first-order chi connectivity index (χ1) is 14.8. The summed E-state index contributed by atoms with van der Waals surface area (Å²) in [6, 6.07) is 18.4. The van der Waals surface area contributed by atoms with E-state index >= 15 is 0 Å². The van der Waals surface area contributed by atoms with Crippen LogP contribution in [0.5, 0.6) is 0 Å². The van der Waals surface area contributed by atoms with Crippen LogP contribution in [0, 0.1) is 0 Å². The molecule has 4 atom stereocenters. The molecule has 0 radical (unpaired) electrons. The van der Waals surface area contributed by atoms with E-state index in [1.165, 1.54) is 0 Å². The minimum absolute atomic E-state index is 0.597. The largest absolute Gasteiger partial charge is 0.451 e. The number of carbonyl (C=O) groups excluding carboxylic acids is 2. The van der Waals surface area contributed by atoms with Gasteiger partial charge >= 0.3 is 11.9 Å². The molecule has 1 aliphatic rings. The van der Waals surface area contributed by atoms with Gasteiger partial charge in [0, 0.05) is 12.2 Å². The molecule has 0 unspecified atom stereocenters. The molecule has 0 spiro atoms. The molecule has 0 N–H and O–H groups in total. The van der Waals surface area contributed by atoms with E-state index in [0.29, 0.717) is 0 Å². The van der Waals surface area contributed by atoms with Crippen molar-refractivity contribution in [3.8, 4) is 0 Å². The van der Waals surface area contributed by atoms with Crippen LogP contribution >= 0.6 is 0 Å². The van der Waals surface area contributed by atoms with Crippen molar-refractivity contribution in [2.45, 2.75) is 44.1 Å². The van der Waals surface area contributed by atoms with E-state index in [9.17, 15) is 9.59 Å². The predicted octanol–water partition coefficient (Wildman–Crippen LogP) is 4.45. The van der Waals surface area contributed by atoms with E-state index in [1.807, 2.05) is 60.7 Å². The maximum atomic E-state index is 12.1. The van der Waals surface area contributed by atoms with E-state index in [2.05, 4.69) is 13.2 Å². The van der Waals surface area contributed by atoms with Crippen LogP contribution in [-0.4, -0.2) is 29.9 Å². The molecule has 0 bridgehead atoms. The fraction of sp³-hybridized carbons (Fsp3) is 0.280. The number of rotatable bonds is 8. The summed E-state index contributed by atoms with van der Waals surface area (Å²) in [6.45, 7) is 10.5. The lowest BCUT2D eigenvalue weighted by molar-refractivity contribution is -0.172. The van der Waals surface area contributed by atoms with E-state index in [0.717, 1.165) is 23.3 Å². The molecule has 1 heterocycles. The maximum Gasteiger partial charge on any atom is 0.330 e. The van der Waals surface area contributed by atoms with Gasteiger partial charge in [0.2, 0.25) is 0 Å². The van der Waals surface area contributed by atoms with Gasteiger partial charge in [-0.3, -0.25) is 0 Å². The number of benzene rings is 2. The smallest absolute Gasteiger partial charge is 0.330 e. The van der Waals surface area contributed by atoms with Crippen molar-refractivity contribution in [3.05, 3.63) is 97.1 Å². The molecule has 1 fully saturated rings. The lowest BCUT2D eigenvalue weighted by Crippen LogP contribution is -2.38. The third-order valence-corrected chi connectivity index (χ3v) is 4.84. The maximum absolute atomic E-state index is 12.1. The van der Waals surface area contributed by atoms with Crippen LogP contribution in [0.1, 0.15) is 37.2 Å². The lowest BCUT2D eigenvalue weighted by atomic mass is 9.93. The number of hydrogen-bond acceptors (Lipinski definition) is 6. The van der Waals surface area contributed by atoms with E-state index in [4.69, 9.17) is 18.9 Å². The third-order valence-electron chi connectivity index (χ3n) is 4.84. The van der Waals surface area contributed by atoms with Crippen molar-refractivity contribution in [2.24, 2.45) is 0 Å². The van der Waals surface area contributed by atoms with Gasteiger partial charge in [0.15, 0.2) is 18.0 Å². The highest BCUT2D eigenvalue weighted by molar-refractivity contribution is 5.82. The van der Waals surface area contributed by atoms with Gasteiger partial charge in [-0.15, -0.1) is 0 Å². The molecule has 6 nitrogen and oxygen atoms in total. The summed E-state index contributed by atoms with van der Waals surface area (Å²) in [5.41, 5.74) is 1.44. The average molecular weight is 422 g/mol. The monoisotopic (exact) mass is 422 g/mol.